The first-order chi connectivity index (χ1) is 14.6. The number of carbonyl (C=O) groups is 1. The molecule has 2 aromatic rings. The Morgan fingerprint density at radius 2 is 1.83 bits per heavy atom. The zero-order valence-electron chi connectivity index (χ0n) is 16.8. The Bertz CT molecular complexity index is 1020. The van der Waals surface area contributed by atoms with Crippen molar-refractivity contribution in [3.8, 4) is 0 Å². The fourth-order valence-corrected chi connectivity index (χ4v) is 5.81. The fourth-order valence-electron chi connectivity index (χ4n) is 4.66. The number of hydrogen-bond acceptors (Lipinski definition) is 5. The smallest absolute Gasteiger partial charge is 0.257 e. The molecule has 0 saturated carbocycles. The molecule has 0 bridgehead atoms. The highest BCUT2D eigenvalue weighted by Crippen LogP contribution is 2.34. The van der Waals surface area contributed by atoms with Gasteiger partial charge in [-0.1, -0.05) is 11.8 Å². The summed E-state index contributed by atoms with van der Waals surface area (Å²) in [5, 5.41) is 0.777. The molecule has 158 valence electrons. The largest absolute Gasteiger partial charge is 0.368 e. The number of carbonyl (C=O) groups excluding carboxylic acids is 1. The Balaban J connectivity index is 1.24. The normalized spacial score (nSPS) is 20.8. The number of thioether (sulfide) groups is 1. The minimum absolute atomic E-state index is 0.0682. The first-order valence-corrected chi connectivity index (χ1v) is 11.6. The topological polar surface area (TPSA) is 58.4 Å². The molecule has 8 heteroatoms. The van der Waals surface area contributed by atoms with Crippen molar-refractivity contribution in [2.45, 2.75) is 43.3 Å². The number of rotatable bonds is 3. The molecule has 0 radical (unpaired) electrons. The SMILES string of the molecule is O=C(CC1CSc2nc3c(c(=O)n21)CCCC3)N1CCN(c2ccc(F)cc2)CC1. The second kappa shape index (κ2) is 8.06. The highest BCUT2D eigenvalue weighted by molar-refractivity contribution is 7.99. The van der Waals surface area contributed by atoms with Crippen molar-refractivity contribution in [2.75, 3.05) is 36.8 Å². The van der Waals surface area contributed by atoms with Crippen LogP contribution in [-0.2, 0) is 17.6 Å². The molecule has 1 unspecified atom stereocenters. The second-order valence-electron chi connectivity index (χ2n) is 8.22. The first kappa shape index (κ1) is 19.6. The molecule has 30 heavy (non-hydrogen) atoms. The van der Waals surface area contributed by atoms with Crippen LogP contribution in [0.1, 0.15) is 36.6 Å². The number of aromatic nitrogens is 2. The molecule has 0 spiro atoms. The van der Waals surface area contributed by atoms with Gasteiger partial charge in [-0.15, -0.1) is 0 Å². The molecular weight excluding hydrogens is 403 g/mol. The molecule has 5 rings (SSSR count). The predicted octanol–water partition coefficient (Wildman–Crippen LogP) is 2.65. The van der Waals surface area contributed by atoms with Crippen LogP contribution < -0.4 is 10.5 Å². The molecule has 0 N–H and O–H groups in total. The molecule has 1 atom stereocenters. The van der Waals surface area contributed by atoms with Crippen molar-refractivity contribution in [2.24, 2.45) is 0 Å². The van der Waals surface area contributed by atoms with Gasteiger partial charge in [-0.2, -0.15) is 0 Å². The van der Waals surface area contributed by atoms with Crippen LogP contribution in [0.15, 0.2) is 34.2 Å². The van der Waals surface area contributed by atoms with Crippen LogP contribution in [0, 0.1) is 5.82 Å². The lowest BCUT2D eigenvalue weighted by Gasteiger charge is -2.36. The minimum Gasteiger partial charge on any atom is -0.368 e. The highest BCUT2D eigenvalue weighted by atomic mass is 32.2. The summed E-state index contributed by atoms with van der Waals surface area (Å²) < 4.78 is 14.9. The van der Waals surface area contributed by atoms with Gasteiger partial charge >= 0.3 is 0 Å². The third kappa shape index (κ3) is 3.62. The summed E-state index contributed by atoms with van der Waals surface area (Å²) in [6.07, 6.45) is 4.17. The predicted molar refractivity (Wildman–Crippen MR) is 115 cm³/mol. The maximum atomic E-state index is 13.1. The van der Waals surface area contributed by atoms with Crippen molar-refractivity contribution in [1.82, 2.24) is 14.5 Å². The van der Waals surface area contributed by atoms with Crippen molar-refractivity contribution < 1.29 is 9.18 Å². The molecule has 1 aromatic carbocycles. The Morgan fingerprint density at radius 3 is 2.60 bits per heavy atom. The monoisotopic (exact) mass is 428 g/mol. The van der Waals surface area contributed by atoms with Crippen molar-refractivity contribution in [3.63, 3.8) is 0 Å². The van der Waals surface area contributed by atoms with Gasteiger partial charge in [-0.3, -0.25) is 14.2 Å². The zero-order chi connectivity index (χ0) is 20.7. The van der Waals surface area contributed by atoms with E-state index in [4.69, 9.17) is 4.98 Å². The van der Waals surface area contributed by atoms with Crippen molar-refractivity contribution in [3.05, 3.63) is 51.7 Å². The molecule has 6 nitrogen and oxygen atoms in total. The van der Waals surface area contributed by atoms with E-state index in [2.05, 4.69) is 4.90 Å². The number of benzene rings is 1. The van der Waals surface area contributed by atoms with Crippen LogP contribution in [0.25, 0.3) is 0 Å². The molecule has 1 amide bonds. The summed E-state index contributed by atoms with van der Waals surface area (Å²) in [5.41, 5.74) is 2.87. The maximum Gasteiger partial charge on any atom is 0.257 e. The van der Waals surface area contributed by atoms with E-state index in [-0.39, 0.29) is 23.3 Å². The van der Waals surface area contributed by atoms with Gasteiger partial charge < -0.3 is 9.80 Å². The van der Waals surface area contributed by atoms with Crippen LogP contribution in [0.2, 0.25) is 0 Å². The molecule has 3 aliphatic rings. The maximum absolute atomic E-state index is 13.1. The molecule has 3 heterocycles. The lowest BCUT2D eigenvalue weighted by Crippen LogP contribution is -2.49. The number of hydrogen-bond donors (Lipinski definition) is 0. The third-order valence-electron chi connectivity index (χ3n) is 6.36. The van der Waals surface area contributed by atoms with E-state index in [1.54, 1.807) is 28.5 Å². The average Bonchev–Trinajstić information content (AvgIpc) is 3.17. The fraction of sp³-hybridized carbons (Fsp3) is 0.500. The third-order valence-corrected chi connectivity index (χ3v) is 7.45. The number of aryl methyl sites for hydroxylation is 1. The van der Waals surface area contributed by atoms with Crippen LogP contribution in [0.3, 0.4) is 0 Å². The van der Waals surface area contributed by atoms with Gasteiger partial charge in [0, 0.05) is 49.6 Å². The molecular formula is C22H25FN4O2S. The Morgan fingerprint density at radius 1 is 1.10 bits per heavy atom. The summed E-state index contributed by atoms with van der Waals surface area (Å²) in [6, 6.07) is 6.37. The van der Waals surface area contributed by atoms with Gasteiger partial charge in [-0.25, -0.2) is 9.37 Å². The van der Waals surface area contributed by atoms with Gasteiger partial charge in [0.1, 0.15) is 5.82 Å². The number of amides is 1. The van der Waals surface area contributed by atoms with Gasteiger partial charge in [0.15, 0.2) is 5.16 Å². The van der Waals surface area contributed by atoms with Crippen molar-refractivity contribution >= 4 is 23.4 Å². The summed E-state index contributed by atoms with van der Waals surface area (Å²) in [4.78, 5) is 34.8. The van der Waals surface area contributed by atoms with Crippen LogP contribution in [-0.4, -0.2) is 52.3 Å². The van der Waals surface area contributed by atoms with Gasteiger partial charge in [0.25, 0.3) is 5.56 Å². The van der Waals surface area contributed by atoms with Gasteiger partial charge in [0.2, 0.25) is 5.91 Å². The Hall–Kier alpha value is -2.35. The zero-order valence-corrected chi connectivity index (χ0v) is 17.7. The molecule has 1 fully saturated rings. The number of fused-ring (bicyclic) bond motifs is 2. The number of nitrogens with zero attached hydrogens (tertiary/aromatic N) is 4. The summed E-state index contributed by atoms with van der Waals surface area (Å²) in [6.45, 7) is 2.73. The van der Waals surface area contributed by atoms with E-state index in [0.29, 0.717) is 19.5 Å². The lowest BCUT2D eigenvalue weighted by molar-refractivity contribution is -0.132. The molecule has 1 aliphatic carbocycles. The highest BCUT2D eigenvalue weighted by Gasteiger charge is 2.32. The molecule has 2 aliphatic heterocycles. The first-order valence-electron chi connectivity index (χ1n) is 10.7. The number of piperazine rings is 1. The van der Waals surface area contributed by atoms with E-state index in [0.717, 1.165) is 66.6 Å². The van der Waals surface area contributed by atoms with E-state index in [9.17, 15) is 14.0 Å². The second-order valence-corrected chi connectivity index (χ2v) is 9.20. The molecule has 1 aromatic heterocycles. The number of anilines is 1. The van der Waals surface area contributed by atoms with Crippen LogP contribution >= 0.6 is 11.8 Å². The van der Waals surface area contributed by atoms with Crippen LogP contribution in [0.5, 0.6) is 0 Å². The summed E-state index contributed by atoms with van der Waals surface area (Å²) >= 11 is 1.59. The summed E-state index contributed by atoms with van der Waals surface area (Å²) in [7, 11) is 0. The summed E-state index contributed by atoms with van der Waals surface area (Å²) in [5.74, 6) is 0.581. The van der Waals surface area contributed by atoms with Crippen LogP contribution in [0.4, 0.5) is 10.1 Å². The molecule has 1 saturated heterocycles. The number of halogens is 1. The lowest BCUT2D eigenvalue weighted by atomic mass is 9.97. The van der Waals surface area contributed by atoms with Crippen molar-refractivity contribution in [1.29, 1.82) is 0 Å². The Labute approximate surface area is 179 Å². The van der Waals surface area contributed by atoms with Gasteiger partial charge in [0.05, 0.1) is 11.7 Å². The van der Waals surface area contributed by atoms with Gasteiger partial charge in [-0.05, 0) is 49.9 Å². The average molecular weight is 429 g/mol. The quantitative estimate of drug-likeness (QED) is 0.704. The minimum atomic E-state index is -0.242. The van der Waals surface area contributed by atoms with E-state index in [1.165, 1.54) is 12.1 Å². The standard InChI is InChI=1S/C22H25FN4O2S/c23-15-5-7-16(8-6-15)25-9-11-26(12-10-25)20(28)13-17-14-30-22-24-19-4-2-1-3-18(19)21(29)27(17)22/h5-8,17H,1-4,9-14H2. The van der Waals surface area contributed by atoms with E-state index in [1.807, 2.05) is 4.90 Å². The Kier molecular flexibility index (Phi) is 5.26. The van der Waals surface area contributed by atoms with E-state index >= 15 is 0 Å². The van der Waals surface area contributed by atoms with E-state index < -0.39 is 0 Å².